The minimum atomic E-state index is -6.47. The summed E-state index contributed by atoms with van der Waals surface area (Å²) in [5.74, 6) is -6.13. The van der Waals surface area contributed by atoms with E-state index in [4.69, 9.17) is 9.47 Å². The first-order valence-electron chi connectivity index (χ1n) is 9.37. The third kappa shape index (κ3) is 4.96. The molecule has 0 aromatic heterocycles. The van der Waals surface area contributed by atoms with E-state index < -0.39 is 18.1 Å². The van der Waals surface area contributed by atoms with Crippen molar-refractivity contribution in [3.05, 3.63) is 71.8 Å². The summed E-state index contributed by atoms with van der Waals surface area (Å²) in [6, 6.07) is 11.6. The number of hydrogen-bond acceptors (Lipinski definition) is 4. The summed E-state index contributed by atoms with van der Waals surface area (Å²) in [6.45, 7) is 0.0261. The van der Waals surface area contributed by atoms with E-state index in [0.29, 0.717) is 11.6 Å². The molecule has 33 heavy (non-hydrogen) atoms. The Balaban J connectivity index is 1.84. The third-order valence-electron chi connectivity index (χ3n) is 4.64. The number of benzene rings is 3. The normalized spacial score (nSPS) is 12.8. The first-order valence-corrected chi connectivity index (χ1v) is 9.37. The van der Waals surface area contributed by atoms with Gasteiger partial charge in [-0.25, -0.2) is 5.43 Å². The number of alkyl halides is 7. The average Bonchev–Trinajstić information content (AvgIpc) is 2.77. The topological polar surface area (TPSA) is 42.8 Å². The third-order valence-corrected chi connectivity index (χ3v) is 4.64. The Kier molecular flexibility index (Phi) is 6.71. The van der Waals surface area contributed by atoms with Crippen molar-refractivity contribution in [3.63, 3.8) is 0 Å². The largest absolute Gasteiger partial charge is 0.493 e. The van der Waals surface area contributed by atoms with Gasteiger partial charge in [0.15, 0.2) is 11.5 Å². The second kappa shape index (κ2) is 9.16. The van der Waals surface area contributed by atoms with Crippen molar-refractivity contribution in [2.24, 2.45) is 5.10 Å². The number of hydrogen-bond donors (Lipinski definition) is 1. The molecule has 0 heterocycles. The standard InChI is InChI=1S/C22H17F7N2O2/c1-32-18-11-5-8-15(12-30-31-22(28,29)20(23,24)21(25,26)27)19(18)33-13-16-9-4-7-14-6-2-3-10-17(14)16/h2-12,31H,13H2,1H3/b30-12-. The zero-order valence-electron chi connectivity index (χ0n) is 17.0. The second-order valence-electron chi connectivity index (χ2n) is 6.82. The van der Waals surface area contributed by atoms with Crippen molar-refractivity contribution in [1.29, 1.82) is 0 Å². The molecule has 3 aromatic carbocycles. The number of hydrazone groups is 1. The molecule has 0 fully saturated rings. The summed E-state index contributed by atoms with van der Waals surface area (Å²) >= 11 is 0. The van der Waals surface area contributed by atoms with E-state index >= 15 is 0 Å². The van der Waals surface area contributed by atoms with Crippen LogP contribution in [-0.4, -0.2) is 31.5 Å². The van der Waals surface area contributed by atoms with Gasteiger partial charge in [0.1, 0.15) is 6.61 Å². The number of methoxy groups -OCH3 is 1. The van der Waals surface area contributed by atoms with Gasteiger partial charge in [-0.1, -0.05) is 48.5 Å². The van der Waals surface area contributed by atoms with Gasteiger partial charge in [-0.05, 0) is 28.5 Å². The molecular weight excluding hydrogens is 457 g/mol. The van der Waals surface area contributed by atoms with Crippen molar-refractivity contribution >= 4 is 17.0 Å². The Morgan fingerprint density at radius 3 is 2.24 bits per heavy atom. The molecule has 0 aliphatic carbocycles. The highest BCUT2D eigenvalue weighted by atomic mass is 19.4. The Hall–Kier alpha value is -3.50. The lowest BCUT2D eigenvalue weighted by Crippen LogP contribution is -2.58. The van der Waals surface area contributed by atoms with Crippen molar-refractivity contribution in [1.82, 2.24) is 5.43 Å². The van der Waals surface area contributed by atoms with E-state index in [2.05, 4.69) is 5.10 Å². The molecule has 0 unspecified atom stereocenters. The Bertz CT molecular complexity index is 1140. The molecule has 0 aliphatic rings. The van der Waals surface area contributed by atoms with Gasteiger partial charge >= 0.3 is 18.1 Å². The maximum Gasteiger partial charge on any atom is 0.462 e. The van der Waals surface area contributed by atoms with Crippen LogP contribution >= 0.6 is 0 Å². The van der Waals surface area contributed by atoms with Crippen LogP contribution in [0.2, 0.25) is 0 Å². The van der Waals surface area contributed by atoms with E-state index in [9.17, 15) is 30.7 Å². The molecule has 3 aromatic rings. The van der Waals surface area contributed by atoms with E-state index in [1.165, 1.54) is 25.3 Å². The van der Waals surface area contributed by atoms with Gasteiger partial charge in [0.05, 0.1) is 13.3 Å². The fourth-order valence-corrected chi connectivity index (χ4v) is 2.95. The summed E-state index contributed by atoms with van der Waals surface area (Å²) in [6.07, 6.45) is -5.83. The molecule has 0 atom stereocenters. The van der Waals surface area contributed by atoms with Crippen molar-refractivity contribution in [2.75, 3.05) is 7.11 Å². The fraction of sp³-hybridized carbons (Fsp3) is 0.227. The van der Waals surface area contributed by atoms with Crippen LogP contribution in [-0.2, 0) is 6.61 Å². The van der Waals surface area contributed by atoms with Crippen LogP contribution in [0.15, 0.2) is 65.8 Å². The first-order chi connectivity index (χ1) is 15.5. The zero-order valence-corrected chi connectivity index (χ0v) is 17.0. The number of fused-ring (bicyclic) bond motifs is 1. The first kappa shape index (κ1) is 24.1. The Morgan fingerprint density at radius 2 is 1.55 bits per heavy atom. The molecule has 4 nitrogen and oxygen atoms in total. The van der Waals surface area contributed by atoms with Crippen LogP contribution in [0.3, 0.4) is 0 Å². The lowest BCUT2D eigenvalue weighted by atomic mass is 10.1. The lowest BCUT2D eigenvalue weighted by molar-refractivity contribution is -0.361. The van der Waals surface area contributed by atoms with Gasteiger partial charge in [-0.2, -0.15) is 35.8 Å². The van der Waals surface area contributed by atoms with Crippen LogP contribution in [0.25, 0.3) is 10.8 Å². The summed E-state index contributed by atoms with van der Waals surface area (Å²) in [5.41, 5.74) is 1.38. The molecule has 0 spiro atoms. The number of ether oxygens (including phenoxy) is 2. The number of nitrogens with zero attached hydrogens (tertiary/aromatic N) is 1. The van der Waals surface area contributed by atoms with E-state index in [1.54, 1.807) is 0 Å². The summed E-state index contributed by atoms with van der Waals surface area (Å²) in [5, 5.41) is 4.75. The summed E-state index contributed by atoms with van der Waals surface area (Å²) in [7, 11) is 1.32. The van der Waals surface area contributed by atoms with Gasteiger partial charge in [-0.15, -0.1) is 0 Å². The summed E-state index contributed by atoms with van der Waals surface area (Å²) < 4.78 is 101. The molecule has 0 bridgehead atoms. The highest BCUT2D eigenvalue weighted by molar-refractivity contribution is 5.86. The molecule has 176 valence electrons. The van der Waals surface area contributed by atoms with Crippen LogP contribution in [0, 0.1) is 0 Å². The molecular formula is C22H17F7N2O2. The maximum absolute atomic E-state index is 13.4. The maximum atomic E-state index is 13.4. The van der Waals surface area contributed by atoms with Crippen molar-refractivity contribution in [2.45, 2.75) is 24.8 Å². The van der Waals surface area contributed by atoms with Crippen LogP contribution in [0.1, 0.15) is 11.1 Å². The molecule has 3 rings (SSSR count). The van der Waals surface area contributed by atoms with Gasteiger partial charge in [0.25, 0.3) is 0 Å². The number of nitrogens with one attached hydrogen (secondary N) is 1. The van der Waals surface area contributed by atoms with Crippen LogP contribution < -0.4 is 14.9 Å². The molecule has 0 aliphatic heterocycles. The molecule has 0 amide bonds. The number of halogens is 7. The highest BCUT2D eigenvalue weighted by Crippen LogP contribution is 2.45. The average molecular weight is 474 g/mol. The number of rotatable bonds is 8. The molecule has 0 saturated heterocycles. The molecule has 0 radical (unpaired) electrons. The van der Waals surface area contributed by atoms with Gasteiger partial charge < -0.3 is 9.47 Å². The van der Waals surface area contributed by atoms with Crippen molar-refractivity contribution < 1.29 is 40.2 Å². The lowest BCUT2D eigenvalue weighted by Gasteiger charge is -2.27. The Labute approximate surface area is 183 Å². The minimum absolute atomic E-state index is 0.00760. The zero-order chi connectivity index (χ0) is 24.3. The van der Waals surface area contributed by atoms with Gasteiger partial charge in [0.2, 0.25) is 0 Å². The van der Waals surface area contributed by atoms with E-state index in [-0.39, 0.29) is 23.7 Å². The van der Waals surface area contributed by atoms with Crippen LogP contribution in [0.4, 0.5) is 30.7 Å². The summed E-state index contributed by atoms with van der Waals surface area (Å²) in [4.78, 5) is 0. The fourth-order valence-electron chi connectivity index (χ4n) is 2.95. The van der Waals surface area contributed by atoms with Crippen molar-refractivity contribution in [3.8, 4) is 11.5 Å². The minimum Gasteiger partial charge on any atom is -0.493 e. The Morgan fingerprint density at radius 1 is 0.879 bits per heavy atom. The number of para-hydroxylation sites is 1. The predicted octanol–water partition coefficient (Wildman–Crippen LogP) is 6.14. The van der Waals surface area contributed by atoms with Gasteiger partial charge in [-0.3, -0.25) is 0 Å². The predicted molar refractivity (Wildman–Crippen MR) is 108 cm³/mol. The molecule has 11 heteroatoms. The highest BCUT2D eigenvalue weighted by Gasteiger charge is 2.73. The quantitative estimate of drug-likeness (QED) is 0.185. The van der Waals surface area contributed by atoms with E-state index in [1.807, 2.05) is 42.5 Å². The SMILES string of the molecule is COc1cccc(/C=N\NC(F)(F)C(F)(F)C(F)(F)F)c1OCc1cccc2ccccc12. The molecule has 0 saturated carbocycles. The van der Waals surface area contributed by atoms with E-state index in [0.717, 1.165) is 16.3 Å². The molecule has 1 N–H and O–H groups in total. The second-order valence-corrected chi connectivity index (χ2v) is 6.82. The van der Waals surface area contributed by atoms with Gasteiger partial charge in [0, 0.05) is 5.56 Å². The monoisotopic (exact) mass is 474 g/mol. The smallest absolute Gasteiger partial charge is 0.462 e. The van der Waals surface area contributed by atoms with Crippen LogP contribution in [0.5, 0.6) is 11.5 Å².